The molecule has 2 rings (SSSR count). The maximum Gasteiger partial charge on any atom is 0.224 e. The summed E-state index contributed by atoms with van der Waals surface area (Å²) in [4.78, 5) is 12.0. The first-order valence-electron chi connectivity index (χ1n) is 6.69. The molecule has 1 fully saturated rings. The number of aryl methyl sites for hydroxylation is 1. The fraction of sp³-hybridized carbons (Fsp3) is 0.533. The van der Waals surface area contributed by atoms with Gasteiger partial charge in [0, 0.05) is 12.5 Å². The van der Waals surface area contributed by atoms with Crippen molar-refractivity contribution in [3.63, 3.8) is 0 Å². The van der Waals surface area contributed by atoms with Gasteiger partial charge in [-0.05, 0) is 31.2 Å². The second kappa shape index (κ2) is 6.92. The van der Waals surface area contributed by atoms with Crippen molar-refractivity contribution >= 4 is 18.3 Å². The lowest BCUT2D eigenvalue weighted by Crippen LogP contribution is -2.36. The van der Waals surface area contributed by atoms with Gasteiger partial charge < -0.3 is 11.1 Å². The van der Waals surface area contributed by atoms with E-state index in [1.54, 1.807) is 0 Å². The van der Waals surface area contributed by atoms with E-state index in [-0.39, 0.29) is 30.3 Å². The van der Waals surface area contributed by atoms with E-state index in [1.165, 1.54) is 24.0 Å². The van der Waals surface area contributed by atoms with Gasteiger partial charge in [0.1, 0.15) is 0 Å². The molecule has 106 valence electrons. The van der Waals surface area contributed by atoms with Crippen LogP contribution in [0, 0.1) is 18.8 Å². The number of hydrogen-bond donors (Lipinski definition) is 2. The number of amides is 1. The fourth-order valence-corrected chi connectivity index (χ4v) is 2.08. The molecule has 1 amide bonds. The molecule has 2 unspecified atom stereocenters. The summed E-state index contributed by atoms with van der Waals surface area (Å²) >= 11 is 0. The van der Waals surface area contributed by atoms with Crippen molar-refractivity contribution in [2.24, 2.45) is 17.6 Å². The Bertz CT molecular complexity index is 415. The van der Waals surface area contributed by atoms with Crippen LogP contribution in [0.5, 0.6) is 0 Å². The van der Waals surface area contributed by atoms with E-state index in [2.05, 4.69) is 36.5 Å². The Balaban J connectivity index is 0.00000180. The highest BCUT2D eigenvalue weighted by atomic mass is 35.5. The molecule has 2 atom stereocenters. The predicted octanol–water partition coefficient (Wildman–Crippen LogP) is 2.58. The largest absolute Gasteiger partial charge is 0.349 e. The highest BCUT2D eigenvalue weighted by Gasteiger charge is 2.33. The van der Waals surface area contributed by atoms with Crippen LogP contribution in [0.1, 0.15) is 36.9 Å². The highest BCUT2D eigenvalue weighted by molar-refractivity contribution is 5.85. The third-order valence-electron chi connectivity index (χ3n) is 3.63. The minimum atomic E-state index is -0.114. The van der Waals surface area contributed by atoms with Crippen LogP contribution in [0.2, 0.25) is 0 Å². The van der Waals surface area contributed by atoms with Gasteiger partial charge >= 0.3 is 0 Å². The van der Waals surface area contributed by atoms with Crippen molar-refractivity contribution in [3.05, 3.63) is 35.4 Å². The topological polar surface area (TPSA) is 55.1 Å². The second-order valence-electron chi connectivity index (χ2n) is 5.37. The smallest absolute Gasteiger partial charge is 0.224 e. The number of carbonyl (C=O) groups excluding carboxylic acids is 1. The number of nitrogens with two attached hydrogens (primary N) is 1. The number of carbonyl (C=O) groups is 1. The summed E-state index contributed by atoms with van der Waals surface area (Å²) in [6, 6.07) is 8.59. The molecule has 0 aromatic heterocycles. The van der Waals surface area contributed by atoms with Crippen LogP contribution in [-0.4, -0.2) is 12.5 Å². The lowest BCUT2D eigenvalue weighted by molar-refractivity contribution is -0.125. The van der Waals surface area contributed by atoms with Gasteiger partial charge in [-0.2, -0.15) is 0 Å². The van der Waals surface area contributed by atoms with Gasteiger partial charge in [0.15, 0.2) is 0 Å². The average Bonchev–Trinajstić information content (AvgIpc) is 3.20. The Morgan fingerprint density at radius 2 is 1.95 bits per heavy atom. The normalized spacial score (nSPS) is 17.2. The van der Waals surface area contributed by atoms with Crippen LogP contribution in [-0.2, 0) is 4.79 Å². The molecule has 3 nitrogen and oxygen atoms in total. The van der Waals surface area contributed by atoms with Gasteiger partial charge in [-0.15, -0.1) is 12.4 Å². The Morgan fingerprint density at radius 1 is 1.37 bits per heavy atom. The quantitative estimate of drug-likeness (QED) is 0.872. The number of hydrogen-bond acceptors (Lipinski definition) is 2. The Hall–Kier alpha value is -1.06. The van der Waals surface area contributed by atoms with Gasteiger partial charge in [-0.1, -0.05) is 36.8 Å². The Kier molecular flexibility index (Phi) is 5.83. The molecule has 0 spiro atoms. The van der Waals surface area contributed by atoms with Crippen LogP contribution in [0.15, 0.2) is 24.3 Å². The summed E-state index contributed by atoms with van der Waals surface area (Å²) < 4.78 is 0. The van der Waals surface area contributed by atoms with Gasteiger partial charge in [0.2, 0.25) is 5.91 Å². The third-order valence-corrected chi connectivity index (χ3v) is 3.63. The van der Waals surface area contributed by atoms with Crippen molar-refractivity contribution < 1.29 is 4.79 Å². The summed E-state index contributed by atoms with van der Waals surface area (Å²) in [5.74, 6) is 0.549. The van der Waals surface area contributed by atoms with Gasteiger partial charge in [0.05, 0.1) is 6.04 Å². The molecule has 1 aromatic rings. The summed E-state index contributed by atoms with van der Waals surface area (Å²) in [5.41, 5.74) is 7.99. The standard InChI is InChI=1S/C15H22N2O.ClH/c1-10-3-5-12(6-4-10)14(13-7-8-13)17-15(18)11(2)9-16;/h3-6,11,13-14H,7-9,16H2,1-2H3,(H,17,18);1H. The summed E-state index contributed by atoms with van der Waals surface area (Å²) in [7, 11) is 0. The Labute approximate surface area is 121 Å². The van der Waals surface area contributed by atoms with Crippen molar-refractivity contribution in [2.45, 2.75) is 32.7 Å². The molecule has 19 heavy (non-hydrogen) atoms. The SMILES string of the molecule is Cc1ccc(C(NC(=O)C(C)CN)C2CC2)cc1.Cl. The first-order valence-corrected chi connectivity index (χ1v) is 6.69. The molecule has 1 aromatic carbocycles. The Morgan fingerprint density at radius 3 is 2.42 bits per heavy atom. The van der Waals surface area contributed by atoms with E-state index in [9.17, 15) is 4.79 Å². The molecule has 0 heterocycles. The summed E-state index contributed by atoms with van der Waals surface area (Å²) in [6.07, 6.45) is 2.41. The molecule has 1 aliphatic rings. The van der Waals surface area contributed by atoms with E-state index in [1.807, 2.05) is 6.92 Å². The van der Waals surface area contributed by atoms with Crippen molar-refractivity contribution in [1.29, 1.82) is 0 Å². The van der Waals surface area contributed by atoms with E-state index in [0.29, 0.717) is 12.5 Å². The minimum Gasteiger partial charge on any atom is -0.349 e. The number of halogens is 1. The first-order chi connectivity index (χ1) is 8.61. The fourth-order valence-electron chi connectivity index (χ4n) is 2.08. The van der Waals surface area contributed by atoms with Crippen molar-refractivity contribution in [2.75, 3.05) is 6.54 Å². The van der Waals surface area contributed by atoms with Crippen molar-refractivity contribution in [3.8, 4) is 0 Å². The zero-order chi connectivity index (χ0) is 13.1. The van der Waals surface area contributed by atoms with Crippen LogP contribution < -0.4 is 11.1 Å². The number of nitrogens with one attached hydrogen (secondary N) is 1. The van der Waals surface area contributed by atoms with E-state index < -0.39 is 0 Å². The zero-order valence-corrected chi connectivity index (χ0v) is 12.4. The molecule has 1 aliphatic carbocycles. The van der Waals surface area contributed by atoms with Crippen LogP contribution in [0.25, 0.3) is 0 Å². The van der Waals surface area contributed by atoms with E-state index in [4.69, 9.17) is 5.73 Å². The molecular formula is C15H23ClN2O. The van der Waals surface area contributed by atoms with Crippen LogP contribution in [0.4, 0.5) is 0 Å². The molecule has 0 radical (unpaired) electrons. The lowest BCUT2D eigenvalue weighted by Gasteiger charge is -2.21. The van der Waals surface area contributed by atoms with Gasteiger partial charge in [0.25, 0.3) is 0 Å². The molecular weight excluding hydrogens is 260 g/mol. The maximum absolute atomic E-state index is 12.0. The number of rotatable bonds is 5. The van der Waals surface area contributed by atoms with Crippen LogP contribution in [0.3, 0.4) is 0 Å². The first kappa shape index (κ1) is 16.0. The molecule has 3 N–H and O–H groups in total. The van der Waals surface area contributed by atoms with E-state index in [0.717, 1.165) is 0 Å². The molecule has 1 saturated carbocycles. The molecule has 0 saturated heterocycles. The highest BCUT2D eigenvalue weighted by Crippen LogP contribution is 2.41. The summed E-state index contributed by atoms with van der Waals surface area (Å²) in [5, 5.41) is 3.15. The predicted molar refractivity (Wildman–Crippen MR) is 80.3 cm³/mol. The molecule has 4 heteroatoms. The second-order valence-corrected chi connectivity index (χ2v) is 5.37. The van der Waals surface area contributed by atoms with Crippen molar-refractivity contribution in [1.82, 2.24) is 5.32 Å². The molecule has 0 aliphatic heterocycles. The third kappa shape index (κ3) is 4.22. The average molecular weight is 283 g/mol. The zero-order valence-electron chi connectivity index (χ0n) is 11.6. The maximum atomic E-state index is 12.0. The monoisotopic (exact) mass is 282 g/mol. The van der Waals surface area contributed by atoms with E-state index >= 15 is 0 Å². The lowest BCUT2D eigenvalue weighted by atomic mass is 10.00. The van der Waals surface area contributed by atoms with Gasteiger partial charge in [-0.3, -0.25) is 4.79 Å². The van der Waals surface area contributed by atoms with Gasteiger partial charge in [-0.25, -0.2) is 0 Å². The minimum absolute atomic E-state index is 0. The summed E-state index contributed by atoms with van der Waals surface area (Å²) in [6.45, 7) is 4.34. The molecule has 0 bridgehead atoms. The van der Waals surface area contributed by atoms with Crippen LogP contribution >= 0.6 is 12.4 Å². The number of benzene rings is 1.